The fourth-order valence-electron chi connectivity index (χ4n) is 3.74. The predicted molar refractivity (Wildman–Crippen MR) is 105 cm³/mol. The van der Waals surface area contributed by atoms with Crippen LogP contribution in [0.25, 0.3) is 11.1 Å². The molecule has 27 heavy (non-hydrogen) atoms. The van der Waals surface area contributed by atoms with Gasteiger partial charge in [0.15, 0.2) is 0 Å². The van der Waals surface area contributed by atoms with Crippen molar-refractivity contribution in [1.29, 1.82) is 0 Å². The molecule has 2 aromatic heterocycles. The number of aryl methyl sites for hydroxylation is 2. The zero-order valence-corrected chi connectivity index (χ0v) is 17.1. The van der Waals surface area contributed by atoms with Gasteiger partial charge < -0.3 is 14.3 Å². The smallest absolute Gasteiger partial charge is 0.225 e. The quantitative estimate of drug-likeness (QED) is 0.822. The molecule has 1 fully saturated rings. The van der Waals surface area contributed by atoms with Gasteiger partial charge in [-0.3, -0.25) is 4.79 Å². The second-order valence-corrected chi connectivity index (χ2v) is 7.84. The van der Waals surface area contributed by atoms with E-state index in [1.807, 2.05) is 57.8 Å². The van der Waals surface area contributed by atoms with Crippen molar-refractivity contribution in [2.45, 2.75) is 46.5 Å². The van der Waals surface area contributed by atoms with Crippen molar-refractivity contribution in [2.24, 2.45) is 5.92 Å². The molecule has 0 aliphatic carbocycles. The molecule has 0 spiro atoms. The van der Waals surface area contributed by atoms with Crippen LogP contribution >= 0.6 is 0 Å². The number of nitrogens with zero attached hydrogens (tertiary/aromatic N) is 5. The second kappa shape index (κ2) is 7.66. The van der Waals surface area contributed by atoms with Gasteiger partial charge in [-0.2, -0.15) is 0 Å². The van der Waals surface area contributed by atoms with E-state index in [9.17, 15) is 4.79 Å². The van der Waals surface area contributed by atoms with E-state index in [0.29, 0.717) is 12.5 Å². The molecule has 0 aromatic carbocycles. The lowest BCUT2D eigenvalue weighted by Gasteiger charge is -2.34. The Kier molecular flexibility index (Phi) is 5.48. The highest BCUT2D eigenvalue weighted by Crippen LogP contribution is 2.36. The number of anilines is 1. The van der Waals surface area contributed by atoms with Crippen molar-refractivity contribution in [1.82, 2.24) is 20.0 Å². The molecule has 7 heteroatoms. The highest BCUT2D eigenvalue weighted by Gasteiger charge is 2.30. The van der Waals surface area contributed by atoms with Crippen LogP contribution in [0.2, 0.25) is 0 Å². The fourth-order valence-corrected chi connectivity index (χ4v) is 3.74. The molecule has 1 atom stereocenters. The molecular weight excluding hydrogens is 342 g/mol. The minimum Gasteiger partial charge on any atom is -0.361 e. The first-order valence-electron chi connectivity index (χ1n) is 9.55. The number of amides is 1. The first-order valence-corrected chi connectivity index (χ1v) is 9.55. The normalized spacial score (nSPS) is 17.4. The summed E-state index contributed by atoms with van der Waals surface area (Å²) in [6.07, 6.45) is 3.85. The van der Waals surface area contributed by atoms with Crippen LogP contribution in [-0.2, 0) is 4.79 Å². The van der Waals surface area contributed by atoms with Crippen LogP contribution in [0.1, 0.15) is 49.8 Å². The first kappa shape index (κ1) is 19.3. The summed E-state index contributed by atoms with van der Waals surface area (Å²) in [7, 11) is 3.87. The number of rotatable bonds is 4. The average Bonchev–Trinajstić information content (AvgIpc) is 2.98. The lowest BCUT2D eigenvalue weighted by atomic mass is 9.89. The molecule has 1 saturated heterocycles. The van der Waals surface area contributed by atoms with Gasteiger partial charge in [-0.1, -0.05) is 19.0 Å². The number of hydrogen-bond donors (Lipinski definition) is 0. The van der Waals surface area contributed by atoms with E-state index in [4.69, 9.17) is 9.51 Å². The van der Waals surface area contributed by atoms with Crippen molar-refractivity contribution in [3.8, 4) is 11.1 Å². The third kappa shape index (κ3) is 3.82. The summed E-state index contributed by atoms with van der Waals surface area (Å²) in [6, 6.07) is 0. The van der Waals surface area contributed by atoms with E-state index >= 15 is 0 Å². The van der Waals surface area contributed by atoms with Crippen LogP contribution in [0.5, 0.6) is 0 Å². The van der Waals surface area contributed by atoms with Gasteiger partial charge in [-0.25, -0.2) is 9.97 Å². The summed E-state index contributed by atoms with van der Waals surface area (Å²) in [5, 5.41) is 4.10. The number of carbonyl (C=O) groups excluding carboxylic acids is 1. The third-order valence-electron chi connectivity index (χ3n) is 5.12. The van der Waals surface area contributed by atoms with Gasteiger partial charge >= 0.3 is 0 Å². The Morgan fingerprint density at radius 1 is 1.33 bits per heavy atom. The van der Waals surface area contributed by atoms with Crippen molar-refractivity contribution < 1.29 is 9.32 Å². The summed E-state index contributed by atoms with van der Waals surface area (Å²) < 4.78 is 5.38. The van der Waals surface area contributed by atoms with E-state index in [1.165, 1.54) is 0 Å². The minimum atomic E-state index is 0.00789. The maximum absolute atomic E-state index is 12.5. The Hall–Kier alpha value is -2.44. The standard InChI is InChI=1S/C20H29N5O2/c1-12(2)19(26)25-9-7-8-15(11-25)18-16(10-21-20(22-18)24(5)6)17-13(3)23-27-14(17)4/h10,12,15H,7-9,11H2,1-6H3. The molecule has 1 unspecified atom stereocenters. The molecule has 3 rings (SSSR count). The number of likely N-dealkylation sites (tertiary alicyclic amines) is 1. The topological polar surface area (TPSA) is 75.4 Å². The fraction of sp³-hybridized carbons (Fsp3) is 0.600. The maximum atomic E-state index is 12.5. The van der Waals surface area contributed by atoms with Gasteiger partial charge in [0.2, 0.25) is 11.9 Å². The molecule has 7 nitrogen and oxygen atoms in total. The van der Waals surface area contributed by atoms with Gasteiger partial charge in [0.05, 0.1) is 17.0 Å². The Labute approximate surface area is 160 Å². The second-order valence-electron chi connectivity index (χ2n) is 7.84. The molecule has 146 valence electrons. The summed E-state index contributed by atoms with van der Waals surface area (Å²) in [5.41, 5.74) is 3.73. The maximum Gasteiger partial charge on any atom is 0.225 e. The van der Waals surface area contributed by atoms with Gasteiger partial charge in [-0.15, -0.1) is 0 Å². The summed E-state index contributed by atoms with van der Waals surface area (Å²) in [5.74, 6) is 1.83. The third-order valence-corrected chi connectivity index (χ3v) is 5.12. The van der Waals surface area contributed by atoms with Gasteiger partial charge in [0.25, 0.3) is 0 Å². The van der Waals surface area contributed by atoms with Crippen molar-refractivity contribution >= 4 is 11.9 Å². The van der Waals surface area contributed by atoms with E-state index in [2.05, 4.69) is 10.1 Å². The van der Waals surface area contributed by atoms with Crippen LogP contribution in [0.4, 0.5) is 5.95 Å². The molecular formula is C20H29N5O2. The van der Waals surface area contributed by atoms with Crippen molar-refractivity contribution in [2.75, 3.05) is 32.1 Å². The number of hydrogen-bond acceptors (Lipinski definition) is 6. The molecule has 3 heterocycles. The Balaban J connectivity index is 2.04. The van der Waals surface area contributed by atoms with Crippen molar-refractivity contribution in [3.05, 3.63) is 23.3 Å². The SMILES string of the molecule is Cc1noc(C)c1-c1cnc(N(C)C)nc1C1CCCN(C(=O)C(C)C)C1. The van der Waals surface area contributed by atoms with Crippen LogP contribution in [-0.4, -0.2) is 53.1 Å². The zero-order valence-electron chi connectivity index (χ0n) is 17.1. The summed E-state index contributed by atoms with van der Waals surface area (Å²) >= 11 is 0. The van der Waals surface area contributed by atoms with Crippen LogP contribution < -0.4 is 4.90 Å². The lowest BCUT2D eigenvalue weighted by Crippen LogP contribution is -2.41. The van der Waals surface area contributed by atoms with Gasteiger partial charge in [0, 0.05) is 50.8 Å². The summed E-state index contributed by atoms with van der Waals surface area (Å²) in [6.45, 7) is 9.27. The van der Waals surface area contributed by atoms with Crippen LogP contribution in [0, 0.1) is 19.8 Å². The molecule has 0 saturated carbocycles. The minimum absolute atomic E-state index is 0.00789. The molecule has 2 aromatic rings. The van der Waals surface area contributed by atoms with E-state index in [0.717, 1.165) is 47.7 Å². The Morgan fingerprint density at radius 3 is 2.67 bits per heavy atom. The number of piperidine rings is 1. The number of aromatic nitrogens is 3. The van der Waals surface area contributed by atoms with Crippen LogP contribution in [0.15, 0.2) is 10.7 Å². The molecule has 1 aliphatic rings. The van der Waals surface area contributed by atoms with E-state index < -0.39 is 0 Å². The Morgan fingerprint density at radius 2 is 2.07 bits per heavy atom. The molecule has 0 N–H and O–H groups in total. The molecule has 0 radical (unpaired) electrons. The highest BCUT2D eigenvalue weighted by molar-refractivity contribution is 5.78. The predicted octanol–water partition coefficient (Wildman–Crippen LogP) is 3.18. The Bertz CT molecular complexity index is 808. The largest absolute Gasteiger partial charge is 0.361 e. The molecule has 1 aliphatic heterocycles. The average molecular weight is 371 g/mol. The van der Waals surface area contributed by atoms with Gasteiger partial charge in [-0.05, 0) is 26.7 Å². The van der Waals surface area contributed by atoms with Crippen molar-refractivity contribution in [3.63, 3.8) is 0 Å². The van der Waals surface area contributed by atoms with Crippen LogP contribution in [0.3, 0.4) is 0 Å². The highest BCUT2D eigenvalue weighted by atomic mass is 16.5. The molecule has 0 bridgehead atoms. The van der Waals surface area contributed by atoms with E-state index in [1.54, 1.807) is 0 Å². The zero-order chi connectivity index (χ0) is 19.7. The van der Waals surface area contributed by atoms with E-state index in [-0.39, 0.29) is 17.7 Å². The monoisotopic (exact) mass is 371 g/mol. The number of carbonyl (C=O) groups is 1. The lowest BCUT2D eigenvalue weighted by molar-refractivity contribution is -0.135. The molecule has 1 amide bonds. The first-order chi connectivity index (χ1) is 12.8. The summed E-state index contributed by atoms with van der Waals surface area (Å²) in [4.78, 5) is 25.8. The van der Waals surface area contributed by atoms with Gasteiger partial charge in [0.1, 0.15) is 5.76 Å².